The van der Waals surface area contributed by atoms with E-state index in [-0.39, 0.29) is 16.8 Å². The lowest BCUT2D eigenvalue weighted by Gasteiger charge is -2.35. The van der Waals surface area contributed by atoms with Gasteiger partial charge in [0.05, 0.1) is 0 Å². The Bertz CT molecular complexity index is 751. The highest BCUT2D eigenvalue weighted by atomic mass is 32.2. The molecule has 0 aromatic heterocycles. The molecule has 2 fully saturated rings. The van der Waals surface area contributed by atoms with Gasteiger partial charge in [-0.15, -0.1) is 0 Å². The van der Waals surface area contributed by atoms with Gasteiger partial charge in [0, 0.05) is 32.1 Å². The highest BCUT2D eigenvalue weighted by Crippen LogP contribution is 2.29. The van der Waals surface area contributed by atoms with Gasteiger partial charge in [0.25, 0.3) is 0 Å². The molecule has 1 aromatic carbocycles. The first-order valence-electron chi connectivity index (χ1n) is 8.95. The van der Waals surface area contributed by atoms with E-state index in [0.717, 1.165) is 37.8 Å². The monoisotopic (exact) mass is 368 g/mol. The highest BCUT2D eigenvalue weighted by molar-refractivity contribution is 7.89. The summed E-state index contributed by atoms with van der Waals surface area (Å²) < 4.78 is 41.7. The average Bonchev–Trinajstić information content (AvgIpc) is 3.00. The summed E-state index contributed by atoms with van der Waals surface area (Å²) in [5, 5.41) is 0. The molecule has 0 saturated carbocycles. The molecule has 1 amide bonds. The smallest absolute Gasteiger partial charge is 0.246 e. The predicted molar refractivity (Wildman–Crippen MR) is 93.1 cm³/mol. The maximum Gasteiger partial charge on any atom is 0.246 e. The van der Waals surface area contributed by atoms with E-state index in [1.807, 2.05) is 4.90 Å². The molecule has 0 aliphatic carbocycles. The Hall–Kier alpha value is -1.47. The number of carbonyl (C=O) groups is 1. The van der Waals surface area contributed by atoms with E-state index in [1.54, 1.807) is 13.0 Å². The number of likely N-dealkylation sites (tertiary alicyclic amines) is 1. The molecule has 0 radical (unpaired) electrons. The van der Waals surface area contributed by atoms with E-state index in [9.17, 15) is 17.6 Å². The minimum atomic E-state index is -3.87. The molecule has 1 aromatic rings. The van der Waals surface area contributed by atoms with Crippen LogP contribution in [0.25, 0.3) is 0 Å². The molecular weight excluding hydrogens is 343 g/mol. The maximum atomic E-state index is 14.2. The number of aryl methyl sites for hydroxylation is 1. The molecule has 2 heterocycles. The van der Waals surface area contributed by atoms with Gasteiger partial charge in [-0.2, -0.15) is 4.31 Å². The SMILES string of the molecule is Cc1ccc(F)c(S(=O)(=O)N2CCCC[C@@H]2CCN2CCCC2=O)c1. The third kappa shape index (κ3) is 3.87. The molecule has 25 heavy (non-hydrogen) atoms. The lowest BCUT2D eigenvalue weighted by molar-refractivity contribution is -0.127. The third-order valence-corrected chi connectivity index (χ3v) is 7.12. The van der Waals surface area contributed by atoms with Crippen LogP contribution >= 0.6 is 0 Å². The number of piperidine rings is 1. The van der Waals surface area contributed by atoms with Crippen LogP contribution in [0, 0.1) is 12.7 Å². The zero-order valence-electron chi connectivity index (χ0n) is 14.6. The van der Waals surface area contributed by atoms with E-state index >= 15 is 0 Å². The zero-order chi connectivity index (χ0) is 18.0. The second kappa shape index (κ2) is 7.41. The van der Waals surface area contributed by atoms with Crippen LogP contribution < -0.4 is 0 Å². The van der Waals surface area contributed by atoms with Crippen molar-refractivity contribution in [1.82, 2.24) is 9.21 Å². The van der Waals surface area contributed by atoms with E-state index < -0.39 is 15.8 Å². The molecule has 1 atom stereocenters. The van der Waals surface area contributed by atoms with Gasteiger partial charge in [0.2, 0.25) is 15.9 Å². The molecule has 2 aliphatic rings. The first kappa shape index (κ1) is 18.3. The fraction of sp³-hybridized carbons (Fsp3) is 0.611. The molecule has 138 valence electrons. The van der Waals surface area contributed by atoms with Gasteiger partial charge in [-0.05, 0) is 50.3 Å². The van der Waals surface area contributed by atoms with Gasteiger partial charge in [0.1, 0.15) is 10.7 Å². The fourth-order valence-electron chi connectivity index (χ4n) is 3.76. The van der Waals surface area contributed by atoms with Gasteiger partial charge in [0.15, 0.2) is 0 Å². The Morgan fingerprint density at radius 2 is 2.00 bits per heavy atom. The van der Waals surface area contributed by atoms with Crippen LogP contribution in [0.5, 0.6) is 0 Å². The van der Waals surface area contributed by atoms with Gasteiger partial charge in [-0.25, -0.2) is 12.8 Å². The molecule has 0 bridgehead atoms. The number of carbonyl (C=O) groups excluding carboxylic acids is 1. The zero-order valence-corrected chi connectivity index (χ0v) is 15.4. The topological polar surface area (TPSA) is 57.7 Å². The third-order valence-electron chi connectivity index (χ3n) is 5.15. The van der Waals surface area contributed by atoms with Crippen LogP contribution in [0.15, 0.2) is 23.1 Å². The lowest BCUT2D eigenvalue weighted by Crippen LogP contribution is -2.45. The number of nitrogens with zero attached hydrogens (tertiary/aromatic N) is 2. The van der Waals surface area contributed by atoms with Crippen molar-refractivity contribution in [2.45, 2.75) is 56.4 Å². The summed E-state index contributed by atoms with van der Waals surface area (Å²) in [7, 11) is -3.87. The van der Waals surface area contributed by atoms with Crippen LogP contribution in [0.1, 0.15) is 44.1 Å². The Balaban J connectivity index is 1.79. The van der Waals surface area contributed by atoms with Crippen LogP contribution in [0.2, 0.25) is 0 Å². The summed E-state index contributed by atoms with van der Waals surface area (Å²) in [6.45, 7) is 3.50. The molecule has 2 saturated heterocycles. The van der Waals surface area contributed by atoms with Crippen LogP contribution in [0.3, 0.4) is 0 Å². The van der Waals surface area contributed by atoms with Gasteiger partial charge in [-0.3, -0.25) is 4.79 Å². The average molecular weight is 368 g/mol. The van der Waals surface area contributed by atoms with Crippen molar-refractivity contribution in [3.63, 3.8) is 0 Å². The number of amides is 1. The fourth-order valence-corrected chi connectivity index (χ4v) is 5.63. The minimum Gasteiger partial charge on any atom is -0.343 e. The van der Waals surface area contributed by atoms with Crippen molar-refractivity contribution < 1.29 is 17.6 Å². The highest BCUT2D eigenvalue weighted by Gasteiger charge is 2.35. The largest absolute Gasteiger partial charge is 0.343 e. The van der Waals surface area contributed by atoms with Crippen LogP contribution in [-0.2, 0) is 14.8 Å². The van der Waals surface area contributed by atoms with Crippen LogP contribution in [-0.4, -0.2) is 49.2 Å². The second-order valence-electron chi connectivity index (χ2n) is 6.97. The number of rotatable bonds is 5. The van der Waals surface area contributed by atoms with E-state index in [4.69, 9.17) is 0 Å². The van der Waals surface area contributed by atoms with Crippen molar-refractivity contribution in [2.24, 2.45) is 0 Å². The first-order chi connectivity index (χ1) is 11.9. The van der Waals surface area contributed by atoms with E-state index in [1.165, 1.54) is 16.4 Å². The Kier molecular flexibility index (Phi) is 5.43. The lowest BCUT2D eigenvalue weighted by atomic mass is 10.0. The standard InChI is InChI=1S/C18H25FN2O3S/c1-14-7-8-16(19)17(13-14)25(23,24)21-11-3-2-5-15(21)9-12-20-10-4-6-18(20)22/h7-8,13,15H,2-6,9-12H2,1H3/t15-/m1/s1. The summed E-state index contributed by atoms with van der Waals surface area (Å²) in [5.41, 5.74) is 0.719. The van der Waals surface area contributed by atoms with Gasteiger partial charge < -0.3 is 4.90 Å². The number of benzene rings is 1. The molecule has 2 aliphatic heterocycles. The van der Waals surface area contributed by atoms with Crippen molar-refractivity contribution in [2.75, 3.05) is 19.6 Å². The summed E-state index contributed by atoms with van der Waals surface area (Å²) in [6.07, 6.45) is 4.57. The minimum absolute atomic E-state index is 0.148. The number of sulfonamides is 1. The van der Waals surface area contributed by atoms with Crippen molar-refractivity contribution in [3.05, 3.63) is 29.6 Å². The van der Waals surface area contributed by atoms with E-state index in [2.05, 4.69) is 0 Å². The molecular formula is C18H25FN2O3S. The summed E-state index contributed by atoms with van der Waals surface area (Å²) in [4.78, 5) is 13.3. The second-order valence-corrected chi connectivity index (χ2v) is 8.83. The first-order valence-corrected chi connectivity index (χ1v) is 10.4. The number of hydrogen-bond donors (Lipinski definition) is 0. The molecule has 0 unspecified atom stereocenters. The van der Waals surface area contributed by atoms with Crippen LogP contribution in [0.4, 0.5) is 4.39 Å². The quantitative estimate of drug-likeness (QED) is 0.803. The number of halogens is 1. The summed E-state index contributed by atoms with van der Waals surface area (Å²) >= 11 is 0. The Morgan fingerprint density at radius 3 is 2.72 bits per heavy atom. The van der Waals surface area contributed by atoms with Crippen molar-refractivity contribution in [3.8, 4) is 0 Å². The molecule has 7 heteroatoms. The molecule has 3 rings (SSSR count). The molecule has 0 spiro atoms. The maximum absolute atomic E-state index is 14.2. The summed E-state index contributed by atoms with van der Waals surface area (Å²) in [6, 6.07) is 4.01. The van der Waals surface area contributed by atoms with Gasteiger partial charge in [-0.1, -0.05) is 12.5 Å². The summed E-state index contributed by atoms with van der Waals surface area (Å²) in [5.74, 6) is -0.556. The Labute approximate surface area is 148 Å². The van der Waals surface area contributed by atoms with Crippen molar-refractivity contribution >= 4 is 15.9 Å². The molecule has 5 nitrogen and oxygen atoms in total. The van der Waals surface area contributed by atoms with Gasteiger partial charge >= 0.3 is 0 Å². The van der Waals surface area contributed by atoms with Crippen molar-refractivity contribution in [1.29, 1.82) is 0 Å². The van der Waals surface area contributed by atoms with E-state index in [0.29, 0.717) is 25.9 Å². The predicted octanol–water partition coefficient (Wildman–Crippen LogP) is 2.69. The molecule has 0 N–H and O–H groups in total. The Morgan fingerprint density at radius 1 is 1.20 bits per heavy atom. The normalized spacial score (nSPS) is 22.6. The number of hydrogen-bond acceptors (Lipinski definition) is 3.